The van der Waals surface area contributed by atoms with Crippen molar-refractivity contribution in [3.8, 4) is 0 Å². The van der Waals surface area contributed by atoms with Crippen molar-refractivity contribution < 1.29 is 18.3 Å². The third-order valence-corrected chi connectivity index (χ3v) is 3.85. The van der Waals surface area contributed by atoms with E-state index in [2.05, 4.69) is 0 Å². The van der Waals surface area contributed by atoms with Crippen molar-refractivity contribution in [3.05, 3.63) is 35.9 Å². The molecular formula is C15H18F2O2. The van der Waals surface area contributed by atoms with Crippen LogP contribution in [0.5, 0.6) is 0 Å². The van der Waals surface area contributed by atoms with Crippen LogP contribution in [-0.4, -0.2) is 19.0 Å². The van der Waals surface area contributed by atoms with E-state index in [0.29, 0.717) is 12.8 Å². The summed E-state index contributed by atoms with van der Waals surface area (Å²) in [6.07, 6.45) is -1.32. The van der Waals surface area contributed by atoms with E-state index >= 15 is 0 Å². The van der Waals surface area contributed by atoms with E-state index in [-0.39, 0.29) is 13.0 Å². The molecule has 2 atom stereocenters. The van der Waals surface area contributed by atoms with E-state index in [1.807, 2.05) is 30.3 Å². The largest absolute Gasteiger partial charge is 0.466 e. The number of esters is 1. The predicted molar refractivity (Wildman–Crippen MR) is 67.9 cm³/mol. The van der Waals surface area contributed by atoms with Crippen molar-refractivity contribution >= 4 is 5.97 Å². The van der Waals surface area contributed by atoms with Gasteiger partial charge in [-0.15, -0.1) is 0 Å². The van der Waals surface area contributed by atoms with Crippen LogP contribution in [0.3, 0.4) is 0 Å². The maximum atomic E-state index is 13.2. The van der Waals surface area contributed by atoms with Gasteiger partial charge in [-0.3, -0.25) is 4.79 Å². The molecule has 19 heavy (non-hydrogen) atoms. The Morgan fingerprint density at radius 3 is 2.68 bits per heavy atom. The molecule has 0 bridgehead atoms. The number of ether oxygens (including phenoxy) is 1. The van der Waals surface area contributed by atoms with Crippen LogP contribution in [0.2, 0.25) is 0 Å². The SMILES string of the molecule is CCOC(=O)[C@H]1C[C@@]1(CCc1ccccc1)C(F)F. The summed E-state index contributed by atoms with van der Waals surface area (Å²) in [5.41, 5.74) is -0.140. The van der Waals surface area contributed by atoms with Crippen LogP contribution in [0.25, 0.3) is 0 Å². The number of rotatable bonds is 6. The Bertz CT molecular complexity index is 433. The highest BCUT2D eigenvalue weighted by atomic mass is 19.3. The molecule has 2 nitrogen and oxygen atoms in total. The smallest absolute Gasteiger partial charge is 0.309 e. The Hall–Kier alpha value is -1.45. The Balaban J connectivity index is 1.97. The zero-order valence-corrected chi connectivity index (χ0v) is 10.9. The highest BCUT2D eigenvalue weighted by Crippen LogP contribution is 2.60. The van der Waals surface area contributed by atoms with E-state index in [4.69, 9.17) is 4.74 Å². The van der Waals surface area contributed by atoms with Crippen molar-refractivity contribution in [2.45, 2.75) is 32.6 Å². The number of hydrogen-bond acceptors (Lipinski definition) is 2. The first kappa shape index (κ1) is 14.0. The lowest BCUT2D eigenvalue weighted by atomic mass is 9.94. The van der Waals surface area contributed by atoms with Gasteiger partial charge in [0.05, 0.1) is 12.5 Å². The summed E-state index contributed by atoms with van der Waals surface area (Å²) >= 11 is 0. The van der Waals surface area contributed by atoms with Crippen LogP contribution >= 0.6 is 0 Å². The Labute approximate surface area is 111 Å². The molecule has 1 aliphatic carbocycles. The third-order valence-electron chi connectivity index (χ3n) is 3.85. The minimum absolute atomic E-state index is 0.243. The van der Waals surface area contributed by atoms with Gasteiger partial charge in [-0.2, -0.15) is 0 Å². The van der Waals surface area contributed by atoms with Crippen LogP contribution in [0, 0.1) is 11.3 Å². The number of alkyl halides is 2. The maximum Gasteiger partial charge on any atom is 0.309 e. The third kappa shape index (κ3) is 2.94. The van der Waals surface area contributed by atoms with Crippen LogP contribution in [0.4, 0.5) is 8.78 Å². The van der Waals surface area contributed by atoms with E-state index in [1.165, 1.54) is 0 Å². The van der Waals surface area contributed by atoms with Gasteiger partial charge in [0, 0.05) is 5.41 Å². The summed E-state index contributed by atoms with van der Waals surface area (Å²) in [5, 5.41) is 0. The van der Waals surface area contributed by atoms with Gasteiger partial charge < -0.3 is 4.74 Å². The van der Waals surface area contributed by atoms with Gasteiger partial charge in [-0.05, 0) is 31.7 Å². The second kappa shape index (κ2) is 5.68. The molecule has 1 saturated carbocycles. The highest BCUT2D eigenvalue weighted by Gasteiger charge is 2.64. The molecule has 0 N–H and O–H groups in total. The molecule has 0 amide bonds. The first-order valence-corrected chi connectivity index (χ1v) is 6.59. The van der Waals surface area contributed by atoms with E-state index in [1.54, 1.807) is 6.92 Å². The van der Waals surface area contributed by atoms with Crippen molar-refractivity contribution in [2.75, 3.05) is 6.61 Å². The molecule has 0 aromatic heterocycles. The molecule has 0 saturated heterocycles. The average Bonchev–Trinajstić information content (AvgIpc) is 3.14. The molecule has 0 aliphatic heterocycles. The fourth-order valence-corrected chi connectivity index (χ4v) is 2.53. The Morgan fingerprint density at radius 1 is 1.42 bits per heavy atom. The van der Waals surface area contributed by atoms with Crippen molar-refractivity contribution in [1.29, 1.82) is 0 Å². The average molecular weight is 268 g/mol. The number of hydrogen-bond donors (Lipinski definition) is 0. The molecular weight excluding hydrogens is 250 g/mol. The van der Waals surface area contributed by atoms with Crippen molar-refractivity contribution in [2.24, 2.45) is 11.3 Å². The predicted octanol–water partition coefficient (Wildman–Crippen LogP) is 3.45. The summed E-state index contributed by atoms with van der Waals surface area (Å²) in [7, 11) is 0. The first-order chi connectivity index (χ1) is 9.10. The number of carbonyl (C=O) groups excluding carboxylic acids is 1. The fraction of sp³-hybridized carbons (Fsp3) is 0.533. The number of carbonyl (C=O) groups is 1. The van der Waals surface area contributed by atoms with Gasteiger partial charge >= 0.3 is 5.97 Å². The molecule has 1 fully saturated rings. The zero-order chi connectivity index (χ0) is 13.9. The summed E-state index contributed by atoms with van der Waals surface area (Å²) in [6.45, 7) is 1.93. The second-order valence-electron chi connectivity index (χ2n) is 5.03. The summed E-state index contributed by atoms with van der Waals surface area (Å²) in [4.78, 5) is 11.6. The van der Waals surface area contributed by atoms with Crippen LogP contribution < -0.4 is 0 Å². The molecule has 2 rings (SSSR count). The standard InChI is InChI=1S/C15H18F2O2/c1-2-19-13(18)12-10-15(12,14(16)17)9-8-11-6-4-3-5-7-11/h3-7,12,14H,2,8-10H2,1H3/t12-,15-/m1/s1. The lowest BCUT2D eigenvalue weighted by molar-refractivity contribution is -0.146. The van der Waals surface area contributed by atoms with Crippen molar-refractivity contribution in [1.82, 2.24) is 0 Å². The minimum atomic E-state index is -2.47. The van der Waals surface area contributed by atoms with Crippen LogP contribution in [-0.2, 0) is 16.0 Å². The number of halogens is 2. The first-order valence-electron chi connectivity index (χ1n) is 6.59. The molecule has 1 aliphatic rings. The topological polar surface area (TPSA) is 26.3 Å². The summed E-state index contributed by atoms with van der Waals surface area (Å²) in [6, 6.07) is 9.51. The Morgan fingerprint density at radius 2 is 2.11 bits per heavy atom. The quantitative estimate of drug-likeness (QED) is 0.739. The zero-order valence-electron chi connectivity index (χ0n) is 10.9. The van der Waals surface area contributed by atoms with E-state index < -0.39 is 23.7 Å². The second-order valence-corrected chi connectivity index (χ2v) is 5.03. The lowest BCUT2D eigenvalue weighted by Gasteiger charge is -2.16. The normalized spacial score (nSPS) is 25.4. The van der Waals surface area contributed by atoms with Gasteiger partial charge in [-0.1, -0.05) is 30.3 Å². The molecule has 0 unspecified atom stereocenters. The molecule has 1 aromatic carbocycles. The highest BCUT2D eigenvalue weighted by molar-refractivity contribution is 5.77. The molecule has 4 heteroatoms. The fourth-order valence-electron chi connectivity index (χ4n) is 2.53. The molecule has 0 radical (unpaired) electrons. The van der Waals surface area contributed by atoms with Gasteiger partial charge in [0.25, 0.3) is 0 Å². The molecule has 0 heterocycles. The van der Waals surface area contributed by atoms with Crippen LogP contribution in [0.1, 0.15) is 25.3 Å². The summed E-state index contributed by atoms with van der Waals surface area (Å²) < 4.78 is 31.3. The van der Waals surface area contributed by atoms with Gasteiger partial charge in [-0.25, -0.2) is 8.78 Å². The number of aryl methyl sites for hydroxylation is 1. The Kier molecular flexibility index (Phi) is 4.17. The monoisotopic (exact) mass is 268 g/mol. The van der Waals surface area contributed by atoms with Crippen LogP contribution in [0.15, 0.2) is 30.3 Å². The molecule has 0 spiro atoms. The molecule has 1 aromatic rings. The minimum Gasteiger partial charge on any atom is -0.466 e. The van der Waals surface area contributed by atoms with Crippen molar-refractivity contribution in [3.63, 3.8) is 0 Å². The maximum absolute atomic E-state index is 13.2. The van der Waals surface area contributed by atoms with E-state index in [0.717, 1.165) is 5.56 Å². The van der Waals surface area contributed by atoms with Gasteiger partial charge in [0.1, 0.15) is 0 Å². The molecule has 104 valence electrons. The van der Waals surface area contributed by atoms with Gasteiger partial charge in [0.15, 0.2) is 0 Å². The lowest BCUT2D eigenvalue weighted by Crippen LogP contribution is -2.21. The number of benzene rings is 1. The van der Waals surface area contributed by atoms with E-state index in [9.17, 15) is 13.6 Å². The van der Waals surface area contributed by atoms with Gasteiger partial charge in [0.2, 0.25) is 6.43 Å². The summed E-state index contributed by atoms with van der Waals surface area (Å²) in [5.74, 6) is -1.10.